The van der Waals surface area contributed by atoms with Crippen LogP contribution < -0.4 is 11.1 Å². The van der Waals surface area contributed by atoms with Crippen LogP contribution in [-0.4, -0.2) is 35.4 Å². The van der Waals surface area contributed by atoms with Crippen molar-refractivity contribution in [2.24, 2.45) is 5.73 Å². The van der Waals surface area contributed by atoms with Crippen molar-refractivity contribution in [1.29, 1.82) is 0 Å². The van der Waals surface area contributed by atoms with Crippen LogP contribution in [0.1, 0.15) is 23.6 Å². The smallest absolute Gasteiger partial charge is 0.226 e. The molecule has 0 aliphatic carbocycles. The molecule has 4 nitrogen and oxygen atoms in total. The quantitative estimate of drug-likeness (QED) is 0.835. The van der Waals surface area contributed by atoms with E-state index in [1.54, 1.807) is 0 Å². The molecular formula is C20H25N3OS. The Morgan fingerprint density at radius 3 is 2.64 bits per heavy atom. The summed E-state index contributed by atoms with van der Waals surface area (Å²) in [6.45, 7) is 3.20. The molecule has 1 atom stereocenters. The molecule has 5 heteroatoms. The molecule has 1 aliphatic heterocycles. The molecule has 1 heterocycles. The number of nitrogens with two attached hydrogens (primary N) is 1. The Morgan fingerprint density at radius 2 is 1.88 bits per heavy atom. The van der Waals surface area contributed by atoms with Gasteiger partial charge in [-0.25, -0.2) is 0 Å². The molecule has 1 unspecified atom stereocenters. The lowest BCUT2D eigenvalue weighted by molar-refractivity contribution is -0.116. The van der Waals surface area contributed by atoms with E-state index in [-0.39, 0.29) is 18.4 Å². The summed E-state index contributed by atoms with van der Waals surface area (Å²) in [5, 5.41) is 2.98. The third kappa shape index (κ3) is 5.59. The number of rotatable bonds is 6. The van der Waals surface area contributed by atoms with Gasteiger partial charge in [0, 0.05) is 49.3 Å². The Labute approximate surface area is 153 Å². The van der Waals surface area contributed by atoms with Crippen LogP contribution in [0.25, 0.3) is 0 Å². The first-order valence-electron chi connectivity index (χ1n) is 8.70. The molecule has 1 aliphatic rings. The molecular weight excluding hydrogens is 330 g/mol. The number of benzene rings is 2. The summed E-state index contributed by atoms with van der Waals surface area (Å²) in [6, 6.07) is 17.6. The summed E-state index contributed by atoms with van der Waals surface area (Å²) in [6.07, 6.45) is 0.275. The molecule has 0 bridgehead atoms. The maximum atomic E-state index is 12.3. The average Bonchev–Trinajstić information content (AvgIpc) is 2.63. The Hall–Kier alpha value is -1.82. The molecule has 25 heavy (non-hydrogen) atoms. The lowest BCUT2D eigenvalue weighted by atomic mass is 10.0. The second kappa shape index (κ2) is 9.04. The minimum absolute atomic E-state index is 0.0529. The third-order valence-corrected chi connectivity index (χ3v) is 5.30. The Kier molecular flexibility index (Phi) is 6.50. The number of hydrogen-bond acceptors (Lipinski definition) is 4. The predicted molar refractivity (Wildman–Crippen MR) is 106 cm³/mol. The van der Waals surface area contributed by atoms with E-state index in [4.69, 9.17) is 5.73 Å². The van der Waals surface area contributed by atoms with Crippen LogP contribution in [0, 0.1) is 0 Å². The molecule has 1 saturated heterocycles. The highest BCUT2D eigenvalue weighted by atomic mass is 32.2. The van der Waals surface area contributed by atoms with Crippen LogP contribution in [0.15, 0.2) is 54.6 Å². The van der Waals surface area contributed by atoms with Gasteiger partial charge in [0.1, 0.15) is 0 Å². The number of nitrogens with one attached hydrogen (secondary N) is 1. The predicted octanol–water partition coefficient (Wildman–Crippen LogP) is 3.26. The first-order chi connectivity index (χ1) is 12.2. The molecule has 2 aromatic carbocycles. The van der Waals surface area contributed by atoms with Crippen molar-refractivity contribution in [3.05, 3.63) is 65.7 Å². The lowest BCUT2D eigenvalue weighted by Crippen LogP contribution is -2.31. The molecule has 1 amide bonds. The number of anilines is 1. The van der Waals surface area contributed by atoms with Crippen LogP contribution in [0.5, 0.6) is 0 Å². The van der Waals surface area contributed by atoms with Gasteiger partial charge in [0.2, 0.25) is 5.91 Å². The number of carbonyl (C=O) groups is 1. The van der Waals surface area contributed by atoms with Crippen LogP contribution in [0.3, 0.4) is 0 Å². The van der Waals surface area contributed by atoms with Gasteiger partial charge in [0.05, 0.1) is 0 Å². The van der Waals surface area contributed by atoms with Crippen molar-refractivity contribution in [3.63, 3.8) is 0 Å². The Balaban J connectivity index is 1.55. The van der Waals surface area contributed by atoms with Crippen LogP contribution in [0.4, 0.5) is 5.69 Å². The van der Waals surface area contributed by atoms with E-state index < -0.39 is 0 Å². The average molecular weight is 356 g/mol. The number of nitrogens with zero attached hydrogens (tertiary/aromatic N) is 1. The van der Waals surface area contributed by atoms with Crippen LogP contribution >= 0.6 is 11.8 Å². The molecule has 1 fully saturated rings. The van der Waals surface area contributed by atoms with Gasteiger partial charge in [-0.05, 0) is 23.3 Å². The fraction of sp³-hybridized carbons (Fsp3) is 0.350. The molecule has 3 N–H and O–H groups in total. The third-order valence-electron chi connectivity index (χ3n) is 4.35. The van der Waals surface area contributed by atoms with Crippen molar-refractivity contribution in [2.45, 2.75) is 19.0 Å². The SMILES string of the molecule is NC(CC(=O)Nc1cccc(CN2CCSCC2)c1)c1ccccc1. The second-order valence-electron chi connectivity index (χ2n) is 6.36. The normalized spacial score (nSPS) is 16.4. The zero-order valence-corrected chi connectivity index (χ0v) is 15.2. The maximum absolute atomic E-state index is 12.3. The summed E-state index contributed by atoms with van der Waals surface area (Å²) in [7, 11) is 0. The highest BCUT2D eigenvalue weighted by molar-refractivity contribution is 7.99. The summed E-state index contributed by atoms with van der Waals surface area (Å²) < 4.78 is 0. The summed E-state index contributed by atoms with van der Waals surface area (Å²) in [4.78, 5) is 14.8. The van der Waals surface area contributed by atoms with Crippen molar-refractivity contribution in [3.8, 4) is 0 Å². The summed E-state index contributed by atoms with van der Waals surface area (Å²) >= 11 is 2.01. The standard InChI is InChI=1S/C20H25N3OS/c21-19(17-6-2-1-3-7-17)14-20(24)22-18-8-4-5-16(13-18)15-23-9-11-25-12-10-23/h1-8,13,19H,9-12,14-15,21H2,(H,22,24). The minimum Gasteiger partial charge on any atom is -0.326 e. The molecule has 0 aromatic heterocycles. The molecule has 0 radical (unpaired) electrons. The van der Waals surface area contributed by atoms with Crippen molar-refractivity contribution in [2.75, 3.05) is 29.9 Å². The summed E-state index contributed by atoms with van der Waals surface area (Å²) in [5.41, 5.74) is 9.19. The first kappa shape index (κ1) is 18.0. The van der Waals surface area contributed by atoms with E-state index in [1.165, 1.54) is 17.1 Å². The number of carbonyl (C=O) groups excluding carboxylic acids is 1. The van der Waals surface area contributed by atoms with Gasteiger partial charge in [-0.3, -0.25) is 9.69 Å². The van der Waals surface area contributed by atoms with E-state index >= 15 is 0 Å². The van der Waals surface area contributed by atoms with Gasteiger partial charge in [-0.2, -0.15) is 11.8 Å². The lowest BCUT2D eigenvalue weighted by Gasteiger charge is -2.26. The number of hydrogen-bond donors (Lipinski definition) is 2. The van der Waals surface area contributed by atoms with Gasteiger partial charge in [-0.1, -0.05) is 42.5 Å². The molecule has 3 rings (SSSR count). The van der Waals surface area contributed by atoms with E-state index in [1.807, 2.05) is 54.2 Å². The minimum atomic E-state index is -0.282. The van der Waals surface area contributed by atoms with E-state index in [0.717, 1.165) is 30.9 Å². The fourth-order valence-electron chi connectivity index (χ4n) is 2.99. The Morgan fingerprint density at radius 1 is 1.12 bits per heavy atom. The highest BCUT2D eigenvalue weighted by Crippen LogP contribution is 2.18. The van der Waals surface area contributed by atoms with Gasteiger partial charge in [0.25, 0.3) is 0 Å². The molecule has 0 saturated carbocycles. The molecule has 2 aromatic rings. The van der Waals surface area contributed by atoms with E-state index in [2.05, 4.69) is 22.3 Å². The highest BCUT2D eigenvalue weighted by Gasteiger charge is 2.13. The second-order valence-corrected chi connectivity index (χ2v) is 7.58. The zero-order chi connectivity index (χ0) is 17.5. The van der Waals surface area contributed by atoms with Crippen molar-refractivity contribution in [1.82, 2.24) is 4.90 Å². The largest absolute Gasteiger partial charge is 0.326 e. The van der Waals surface area contributed by atoms with E-state index in [0.29, 0.717) is 0 Å². The molecule has 132 valence electrons. The Bertz CT molecular complexity index is 686. The van der Waals surface area contributed by atoms with Gasteiger partial charge >= 0.3 is 0 Å². The van der Waals surface area contributed by atoms with Crippen molar-refractivity contribution < 1.29 is 4.79 Å². The van der Waals surface area contributed by atoms with Crippen molar-refractivity contribution >= 4 is 23.4 Å². The number of amides is 1. The number of thioether (sulfide) groups is 1. The van der Waals surface area contributed by atoms with Gasteiger partial charge in [-0.15, -0.1) is 0 Å². The zero-order valence-electron chi connectivity index (χ0n) is 14.4. The monoisotopic (exact) mass is 355 g/mol. The van der Waals surface area contributed by atoms with Gasteiger partial charge in [0.15, 0.2) is 0 Å². The topological polar surface area (TPSA) is 58.4 Å². The summed E-state index contributed by atoms with van der Waals surface area (Å²) in [5.74, 6) is 2.35. The maximum Gasteiger partial charge on any atom is 0.226 e. The molecule has 0 spiro atoms. The van der Waals surface area contributed by atoms with Gasteiger partial charge < -0.3 is 11.1 Å². The van der Waals surface area contributed by atoms with E-state index in [9.17, 15) is 4.79 Å². The van der Waals surface area contributed by atoms with Crippen LogP contribution in [0.2, 0.25) is 0 Å². The van der Waals surface area contributed by atoms with Crippen LogP contribution in [-0.2, 0) is 11.3 Å². The fourth-order valence-corrected chi connectivity index (χ4v) is 3.97. The first-order valence-corrected chi connectivity index (χ1v) is 9.85.